The Kier molecular flexibility index (Phi) is 6.29. The quantitative estimate of drug-likeness (QED) is 0.199. The van der Waals surface area contributed by atoms with Gasteiger partial charge in [0.25, 0.3) is 0 Å². The summed E-state index contributed by atoms with van der Waals surface area (Å²) in [6.45, 7) is 30.8. The minimum atomic E-state index is 0.0178. The highest BCUT2D eigenvalue weighted by Gasteiger charge is 2.57. The molecule has 1 aliphatic rings. The van der Waals surface area contributed by atoms with Crippen molar-refractivity contribution >= 4 is 21.8 Å². The van der Waals surface area contributed by atoms with Gasteiger partial charge < -0.3 is 4.57 Å². The number of fused-ring (bicyclic) bond motifs is 4. The van der Waals surface area contributed by atoms with E-state index in [4.69, 9.17) is 0 Å². The van der Waals surface area contributed by atoms with Crippen LogP contribution in [0.1, 0.15) is 111 Å². The van der Waals surface area contributed by atoms with Crippen molar-refractivity contribution < 1.29 is 0 Å². The third-order valence-electron chi connectivity index (χ3n) is 11.7. The van der Waals surface area contributed by atoms with Crippen molar-refractivity contribution in [3.8, 4) is 16.8 Å². The zero-order valence-electron chi connectivity index (χ0n) is 28.9. The Morgan fingerprint density at radius 2 is 0.977 bits per heavy atom. The molecule has 5 aromatic rings. The Hall–Kier alpha value is -3.32. The molecule has 224 valence electrons. The molecular formula is C42H51N. The summed E-state index contributed by atoms with van der Waals surface area (Å²) >= 11 is 0. The van der Waals surface area contributed by atoms with Gasteiger partial charge in [-0.2, -0.15) is 0 Å². The van der Waals surface area contributed by atoms with Crippen LogP contribution in [0.5, 0.6) is 0 Å². The van der Waals surface area contributed by atoms with Crippen molar-refractivity contribution in [2.45, 2.75) is 112 Å². The van der Waals surface area contributed by atoms with Gasteiger partial charge in [-0.3, -0.25) is 0 Å². The predicted octanol–water partition coefficient (Wildman–Crippen LogP) is 11.9. The molecule has 0 fully saturated rings. The lowest BCUT2D eigenvalue weighted by atomic mass is 9.59. The Morgan fingerprint density at radius 3 is 1.42 bits per heavy atom. The van der Waals surface area contributed by atoms with Gasteiger partial charge in [0, 0.05) is 16.3 Å². The summed E-state index contributed by atoms with van der Waals surface area (Å²) in [7, 11) is 0. The molecule has 0 spiro atoms. The zero-order valence-corrected chi connectivity index (χ0v) is 28.9. The summed E-state index contributed by atoms with van der Waals surface area (Å²) in [5.41, 5.74) is 13.7. The van der Waals surface area contributed by atoms with Gasteiger partial charge in [0.2, 0.25) is 0 Å². The second kappa shape index (κ2) is 9.10. The Balaban J connectivity index is 1.78. The van der Waals surface area contributed by atoms with Crippen molar-refractivity contribution in [1.82, 2.24) is 4.57 Å². The van der Waals surface area contributed by atoms with E-state index in [1.807, 2.05) is 0 Å². The second-order valence-corrected chi connectivity index (χ2v) is 17.0. The number of benzene rings is 4. The number of nitrogens with zero attached hydrogens (tertiary/aromatic N) is 1. The standard InChI is InChI=1S/C42H51N/c1-26-14-16-27(17-15-26)30-24-33-34(41(10,11)42(12,13)40(33,8)9)25-37(30)43-35-20-18-28(38(2,3)4)22-31(35)32-23-29(39(5,6)7)19-21-36(32)43/h14-25H,1-13H3. The van der Waals surface area contributed by atoms with Crippen LogP contribution in [-0.4, -0.2) is 4.57 Å². The minimum Gasteiger partial charge on any atom is -0.309 e. The molecule has 1 nitrogen and oxygen atoms in total. The fourth-order valence-corrected chi connectivity index (χ4v) is 7.44. The Labute approximate surface area is 260 Å². The van der Waals surface area contributed by atoms with Gasteiger partial charge in [0.1, 0.15) is 0 Å². The van der Waals surface area contributed by atoms with Crippen LogP contribution >= 0.6 is 0 Å². The van der Waals surface area contributed by atoms with Crippen LogP contribution in [0.15, 0.2) is 72.8 Å². The lowest BCUT2D eigenvalue weighted by Gasteiger charge is -2.44. The van der Waals surface area contributed by atoms with E-state index in [-0.39, 0.29) is 27.1 Å². The van der Waals surface area contributed by atoms with Crippen LogP contribution in [0.25, 0.3) is 38.6 Å². The average Bonchev–Trinajstić information content (AvgIpc) is 3.28. The van der Waals surface area contributed by atoms with Crippen molar-refractivity contribution in [3.05, 3.63) is 101 Å². The Bertz CT molecular complexity index is 1820. The van der Waals surface area contributed by atoms with Crippen LogP contribution in [-0.2, 0) is 21.7 Å². The van der Waals surface area contributed by atoms with Crippen molar-refractivity contribution in [2.24, 2.45) is 5.41 Å². The number of hydrogen-bond acceptors (Lipinski definition) is 0. The van der Waals surface area contributed by atoms with E-state index in [2.05, 4.69) is 167 Å². The number of aromatic nitrogens is 1. The molecule has 0 unspecified atom stereocenters. The molecule has 4 aromatic carbocycles. The van der Waals surface area contributed by atoms with Crippen LogP contribution in [0, 0.1) is 12.3 Å². The van der Waals surface area contributed by atoms with E-state index in [0.717, 1.165) is 0 Å². The molecule has 43 heavy (non-hydrogen) atoms. The molecule has 0 bridgehead atoms. The molecule has 1 heterocycles. The molecule has 0 amide bonds. The predicted molar refractivity (Wildman–Crippen MR) is 188 cm³/mol. The second-order valence-electron chi connectivity index (χ2n) is 17.0. The van der Waals surface area contributed by atoms with Gasteiger partial charge in [-0.1, -0.05) is 125 Å². The highest BCUT2D eigenvalue weighted by Crippen LogP contribution is 2.62. The molecule has 6 rings (SSSR count). The van der Waals surface area contributed by atoms with Crippen molar-refractivity contribution in [3.63, 3.8) is 0 Å². The van der Waals surface area contributed by atoms with E-state index >= 15 is 0 Å². The van der Waals surface area contributed by atoms with E-state index in [1.165, 1.54) is 66.4 Å². The smallest absolute Gasteiger partial charge is 0.0543 e. The normalized spacial score (nSPS) is 17.5. The summed E-state index contributed by atoms with van der Waals surface area (Å²) < 4.78 is 2.56. The number of hydrogen-bond donors (Lipinski definition) is 0. The summed E-state index contributed by atoms with van der Waals surface area (Å²) in [5.74, 6) is 0. The average molecular weight is 570 g/mol. The number of rotatable bonds is 2. The van der Waals surface area contributed by atoms with Gasteiger partial charge in [0.15, 0.2) is 0 Å². The maximum Gasteiger partial charge on any atom is 0.0543 e. The zero-order chi connectivity index (χ0) is 31.5. The maximum absolute atomic E-state index is 2.56. The molecule has 1 aliphatic carbocycles. The van der Waals surface area contributed by atoms with E-state index in [0.29, 0.717) is 0 Å². The molecule has 0 radical (unpaired) electrons. The largest absolute Gasteiger partial charge is 0.309 e. The summed E-state index contributed by atoms with van der Waals surface area (Å²) in [6, 6.07) is 28.6. The molecular weight excluding hydrogens is 518 g/mol. The van der Waals surface area contributed by atoms with Gasteiger partial charge in [-0.05, 0) is 98.2 Å². The molecule has 1 aromatic heterocycles. The van der Waals surface area contributed by atoms with E-state index < -0.39 is 0 Å². The molecule has 0 N–H and O–H groups in total. The molecule has 1 heteroatoms. The van der Waals surface area contributed by atoms with E-state index in [1.54, 1.807) is 0 Å². The summed E-state index contributed by atoms with van der Waals surface area (Å²) in [6.07, 6.45) is 0. The summed E-state index contributed by atoms with van der Waals surface area (Å²) in [4.78, 5) is 0. The van der Waals surface area contributed by atoms with E-state index in [9.17, 15) is 0 Å². The van der Waals surface area contributed by atoms with Gasteiger partial charge in [-0.25, -0.2) is 0 Å². The SMILES string of the molecule is Cc1ccc(-c2cc3c(cc2-n2c4ccc(C(C)(C)C)cc4c4cc(C(C)(C)C)ccc42)C(C)(C)C(C)(C)C3(C)C)cc1. The van der Waals surface area contributed by atoms with Crippen LogP contribution in [0.2, 0.25) is 0 Å². The number of aryl methyl sites for hydroxylation is 1. The third kappa shape index (κ3) is 4.25. The fourth-order valence-electron chi connectivity index (χ4n) is 7.44. The molecule has 0 saturated carbocycles. The third-order valence-corrected chi connectivity index (χ3v) is 11.7. The van der Waals surface area contributed by atoms with Gasteiger partial charge in [-0.15, -0.1) is 0 Å². The topological polar surface area (TPSA) is 4.93 Å². The first-order chi connectivity index (χ1) is 19.8. The molecule has 0 saturated heterocycles. The van der Waals surface area contributed by atoms with Crippen molar-refractivity contribution in [2.75, 3.05) is 0 Å². The lowest BCUT2D eigenvalue weighted by Crippen LogP contribution is -2.42. The Morgan fingerprint density at radius 1 is 0.535 bits per heavy atom. The lowest BCUT2D eigenvalue weighted by molar-refractivity contribution is 0.125. The highest BCUT2D eigenvalue weighted by molar-refractivity contribution is 6.10. The minimum absolute atomic E-state index is 0.0178. The summed E-state index contributed by atoms with van der Waals surface area (Å²) in [5, 5.41) is 2.67. The van der Waals surface area contributed by atoms with Crippen LogP contribution in [0.4, 0.5) is 0 Å². The van der Waals surface area contributed by atoms with Crippen LogP contribution in [0.3, 0.4) is 0 Å². The first-order valence-corrected chi connectivity index (χ1v) is 16.1. The fraction of sp³-hybridized carbons (Fsp3) is 0.429. The van der Waals surface area contributed by atoms with Crippen molar-refractivity contribution in [1.29, 1.82) is 0 Å². The first kappa shape index (κ1) is 29.7. The molecule has 0 aliphatic heterocycles. The molecule has 0 atom stereocenters. The van der Waals surface area contributed by atoms with Crippen LogP contribution < -0.4 is 0 Å². The maximum atomic E-state index is 2.56. The monoisotopic (exact) mass is 569 g/mol. The van der Waals surface area contributed by atoms with Gasteiger partial charge >= 0.3 is 0 Å². The highest BCUT2D eigenvalue weighted by atomic mass is 15.0. The first-order valence-electron chi connectivity index (χ1n) is 16.1. The van der Waals surface area contributed by atoms with Gasteiger partial charge in [0.05, 0.1) is 16.7 Å².